The lowest BCUT2D eigenvalue weighted by Crippen LogP contribution is -2.31. The number of aromatic nitrogens is 1. The third kappa shape index (κ3) is 2.86. The van der Waals surface area contributed by atoms with E-state index in [9.17, 15) is 4.79 Å². The second kappa shape index (κ2) is 6.30. The number of hydrogen-bond donors (Lipinski definition) is 1. The molecule has 0 fully saturated rings. The predicted octanol–water partition coefficient (Wildman–Crippen LogP) is 2.52. The van der Waals surface area contributed by atoms with E-state index in [-0.39, 0.29) is 5.91 Å². The SMILES string of the molecule is CCN(C(=O)c1ncccc1C)c1ccc(CN)cc1. The highest BCUT2D eigenvalue weighted by molar-refractivity contribution is 6.05. The van der Waals surface area contributed by atoms with E-state index >= 15 is 0 Å². The highest BCUT2D eigenvalue weighted by atomic mass is 16.2. The summed E-state index contributed by atoms with van der Waals surface area (Å²) in [7, 11) is 0. The van der Waals surface area contributed by atoms with E-state index in [1.54, 1.807) is 11.1 Å². The number of nitrogens with two attached hydrogens (primary N) is 1. The van der Waals surface area contributed by atoms with Crippen LogP contribution in [0.2, 0.25) is 0 Å². The summed E-state index contributed by atoms with van der Waals surface area (Å²) >= 11 is 0. The summed E-state index contributed by atoms with van der Waals surface area (Å²) in [6.07, 6.45) is 1.64. The van der Waals surface area contributed by atoms with Gasteiger partial charge in [0, 0.05) is 25.0 Å². The van der Waals surface area contributed by atoms with Gasteiger partial charge < -0.3 is 10.6 Å². The van der Waals surface area contributed by atoms with Crippen LogP contribution in [0, 0.1) is 6.92 Å². The van der Waals surface area contributed by atoms with Crippen molar-refractivity contribution in [2.75, 3.05) is 11.4 Å². The van der Waals surface area contributed by atoms with Gasteiger partial charge in [0.15, 0.2) is 0 Å². The molecular weight excluding hydrogens is 250 g/mol. The number of nitrogens with zero attached hydrogens (tertiary/aromatic N) is 2. The average Bonchev–Trinajstić information content (AvgIpc) is 2.49. The predicted molar refractivity (Wildman–Crippen MR) is 80.7 cm³/mol. The number of carbonyl (C=O) groups excluding carboxylic acids is 1. The summed E-state index contributed by atoms with van der Waals surface area (Å²) in [5.41, 5.74) is 8.88. The number of anilines is 1. The van der Waals surface area contributed by atoms with Crippen LogP contribution in [0.5, 0.6) is 0 Å². The number of hydrogen-bond acceptors (Lipinski definition) is 3. The van der Waals surface area contributed by atoms with Crippen LogP contribution in [0.25, 0.3) is 0 Å². The highest BCUT2D eigenvalue weighted by Gasteiger charge is 2.18. The second-order valence-electron chi connectivity index (χ2n) is 4.59. The summed E-state index contributed by atoms with van der Waals surface area (Å²) < 4.78 is 0. The van der Waals surface area contributed by atoms with Crippen molar-refractivity contribution in [3.63, 3.8) is 0 Å². The van der Waals surface area contributed by atoms with Gasteiger partial charge >= 0.3 is 0 Å². The fourth-order valence-electron chi connectivity index (χ4n) is 2.09. The second-order valence-corrected chi connectivity index (χ2v) is 4.59. The molecule has 2 rings (SSSR count). The van der Waals surface area contributed by atoms with Gasteiger partial charge in [-0.2, -0.15) is 0 Å². The van der Waals surface area contributed by atoms with Gasteiger partial charge in [0.05, 0.1) is 0 Å². The molecule has 1 aromatic carbocycles. The van der Waals surface area contributed by atoms with Crippen molar-refractivity contribution in [1.29, 1.82) is 0 Å². The minimum absolute atomic E-state index is 0.0777. The van der Waals surface area contributed by atoms with E-state index < -0.39 is 0 Å². The lowest BCUT2D eigenvalue weighted by Gasteiger charge is -2.21. The van der Waals surface area contributed by atoms with Crippen LogP contribution in [-0.2, 0) is 6.54 Å². The lowest BCUT2D eigenvalue weighted by molar-refractivity contribution is 0.0983. The quantitative estimate of drug-likeness (QED) is 0.927. The molecule has 4 nitrogen and oxygen atoms in total. The molecule has 0 radical (unpaired) electrons. The van der Waals surface area contributed by atoms with Crippen LogP contribution in [0.4, 0.5) is 5.69 Å². The van der Waals surface area contributed by atoms with Crippen LogP contribution < -0.4 is 10.6 Å². The standard InChI is InChI=1S/C16H19N3O/c1-3-19(14-8-6-13(11-17)7-9-14)16(20)15-12(2)5-4-10-18-15/h4-10H,3,11,17H2,1-2H3. The van der Waals surface area contributed by atoms with Gasteiger partial charge in [-0.25, -0.2) is 0 Å². The van der Waals surface area contributed by atoms with Crippen LogP contribution in [0.15, 0.2) is 42.6 Å². The summed E-state index contributed by atoms with van der Waals surface area (Å²) in [5, 5.41) is 0. The Bertz CT molecular complexity index is 593. The molecule has 104 valence electrons. The number of amides is 1. The maximum Gasteiger partial charge on any atom is 0.277 e. The third-order valence-corrected chi connectivity index (χ3v) is 3.26. The molecule has 1 heterocycles. The highest BCUT2D eigenvalue weighted by Crippen LogP contribution is 2.18. The molecule has 2 aromatic rings. The number of pyridine rings is 1. The molecule has 0 aliphatic rings. The molecule has 1 amide bonds. The van der Waals surface area contributed by atoms with E-state index in [4.69, 9.17) is 5.73 Å². The Balaban J connectivity index is 2.32. The molecule has 0 unspecified atom stereocenters. The van der Waals surface area contributed by atoms with Crippen molar-refractivity contribution >= 4 is 11.6 Å². The first-order chi connectivity index (χ1) is 9.67. The van der Waals surface area contributed by atoms with Crippen LogP contribution in [0.1, 0.15) is 28.5 Å². The zero-order valence-electron chi connectivity index (χ0n) is 11.8. The number of aryl methyl sites for hydroxylation is 1. The van der Waals surface area contributed by atoms with Crippen molar-refractivity contribution in [2.45, 2.75) is 20.4 Å². The Hall–Kier alpha value is -2.20. The first kappa shape index (κ1) is 14.2. The first-order valence-corrected chi connectivity index (χ1v) is 6.69. The third-order valence-electron chi connectivity index (χ3n) is 3.26. The average molecular weight is 269 g/mol. The first-order valence-electron chi connectivity index (χ1n) is 6.69. The minimum atomic E-state index is -0.0777. The molecule has 20 heavy (non-hydrogen) atoms. The smallest absolute Gasteiger partial charge is 0.277 e. The van der Waals surface area contributed by atoms with Gasteiger partial charge in [-0.15, -0.1) is 0 Å². The number of benzene rings is 1. The summed E-state index contributed by atoms with van der Waals surface area (Å²) in [5.74, 6) is -0.0777. The fraction of sp³-hybridized carbons (Fsp3) is 0.250. The fourth-order valence-corrected chi connectivity index (χ4v) is 2.09. The lowest BCUT2D eigenvalue weighted by atomic mass is 10.1. The van der Waals surface area contributed by atoms with Gasteiger partial charge in [-0.1, -0.05) is 18.2 Å². The van der Waals surface area contributed by atoms with E-state index in [0.717, 1.165) is 16.8 Å². The number of rotatable bonds is 4. The van der Waals surface area contributed by atoms with E-state index in [1.807, 2.05) is 50.2 Å². The molecule has 0 aliphatic carbocycles. The molecule has 0 saturated carbocycles. The molecule has 0 spiro atoms. The van der Waals surface area contributed by atoms with Crippen LogP contribution >= 0.6 is 0 Å². The maximum atomic E-state index is 12.6. The maximum absolute atomic E-state index is 12.6. The number of carbonyl (C=O) groups is 1. The van der Waals surface area contributed by atoms with Gasteiger partial charge in [-0.3, -0.25) is 9.78 Å². The molecule has 0 atom stereocenters. The molecule has 4 heteroatoms. The zero-order valence-corrected chi connectivity index (χ0v) is 11.8. The molecule has 0 aliphatic heterocycles. The van der Waals surface area contributed by atoms with Crippen LogP contribution in [-0.4, -0.2) is 17.4 Å². The Morgan fingerprint density at radius 1 is 1.25 bits per heavy atom. The Morgan fingerprint density at radius 3 is 2.50 bits per heavy atom. The summed E-state index contributed by atoms with van der Waals surface area (Å²) in [4.78, 5) is 18.5. The Labute approximate surface area is 119 Å². The van der Waals surface area contributed by atoms with Crippen LogP contribution in [0.3, 0.4) is 0 Å². The largest absolute Gasteiger partial charge is 0.326 e. The van der Waals surface area contributed by atoms with Gasteiger partial charge in [0.2, 0.25) is 0 Å². The monoisotopic (exact) mass is 269 g/mol. The molecule has 0 bridgehead atoms. The summed E-state index contributed by atoms with van der Waals surface area (Å²) in [6, 6.07) is 11.4. The van der Waals surface area contributed by atoms with E-state index in [2.05, 4.69) is 4.98 Å². The zero-order chi connectivity index (χ0) is 14.5. The van der Waals surface area contributed by atoms with Gasteiger partial charge in [-0.05, 0) is 43.2 Å². The van der Waals surface area contributed by atoms with E-state index in [0.29, 0.717) is 18.8 Å². The molecular formula is C16H19N3O. The van der Waals surface area contributed by atoms with Gasteiger partial charge in [0.25, 0.3) is 5.91 Å². The minimum Gasteiger partial charge on any atom is -0.326 e. The topological polar surface area (TPSA) is 59.2 Å². The summed E-state index contributed by atoms with van der Waals surface area (Å²) in [6.45, 7) is 4.94. The van der Waals surface area contributed by atoms with Crippen molar-refractivity contribution in [1.82, 2.24) is 4.98 Å². The normalized spacial score (nSPS) is 10.3. The van der Waals surface area contributed by atoms with Crippen molar-refractivity contribution < 1.29 is 4.79 Å². The molecule has 0 saturated heterocycles. The van der Waals surface area contributed by atoms with Crippen molar-refractivity contribution in [2.24, 2.45) is 5.73 Å². The molecule has 2 N–H and O–H groups in total. The molecule has 1 aromatic heterocycles. The van der Waals surface area contributed by atoms with Gasteiger partial charge in [0.1, 0.15) is 5.69 Å². The van der Waals surface area contributed by atoms with Crippen molar-refractivity contribution in [3.05, 3.63) is 59.4 Å². The Kier molecular flexibility index (Phi) is 4.48. The van der Waals surface area contributed by atoms with Crippen molar-refractivity contribution in [3.8, 4) is 0 Å². The van der Waals surface area contributed by atoms with E-state index in [1.165, 1.54) is 0 Å². The Morgan fingerprint density at radius 2 is 1.95 bits per heavy atom.